The number of carboxylic acid groups (broad SMARTS) is 1. The van der Waals surface area contributed by atoms with Crippen LogP contribution in [-0.2, 0) is 17.9 Å². The Kier molecular flexibility index (Phi) is 9.31. The molecule has 0 unspecified atom stereocenters. The van der Waals surface area contributed by atoms with Gasteiger partial charge in [-0.3, -0.25) is 9.69 Å². The zero-order valence-corrected chi connectivity index (χ0v) is 25.4. The first-order valence-corrected chi connectivity index (χ1v) is 14.7. The number of carbonyl (C=O) groups excluding carboxylic acids is 1. The lowest BCUT2D eigenvalue weighted by atomic mass is 10.1. The van der Waals surface area contributed by atoms with Crippen LogP contribution in [-0.4, -0.2) is 34.2 Å². The predicted octanol–water partition coefficient (Wildman–Crippen LogP) is 8.19. The predicted molar refractivity (Wildman–Crippen MR) is 170 cm³/mol. The normalized spacial score (nSPS) is 14.9. The van der Waals surface area contributed by atoms with Crippen LogP contribution in [0.15, 0.2) is 105 Å². The summed E-state index contributed by atoms with van der Waals surface area (Å²) < 4.78 is 12.3. The SMILES string of the molecule is COc1cc(/C=C2\SC(=Nc3ccccc3)N(Cc3ccc(C(=O)O)cc3)C2=O)cc(Br)c1OCc1ccc(Cl)cc1. The number of amidine groups is 1. The number of methoxy groups -OCH3 is 1. The minimum absolute atomic E-state index is 0.180. The maximum absolute atomic E-state index is 13.7. The largest absolute Gasteiger partial charge is 0.493 e. The fourth-order valence-corrected chi connectivity index (χ4v) is 5.83. The summed E-state index contributed by atoms with van der Waals surface area (Å²) in [6.45, 7) is 0.557. The molecule has 0 aromatic heterocycles. The molecule has 5 rings (SSSR count). The van der Waals surface area contributed by atoms with Crippen molar-refractivity contribution in [2.45, 2.75) is 13.2 Å². The zero-order chi connectivity index (χ0) is 29.6. The van der Waals surface area contributed by atoms with Crippen LogP contribution < -0.4 is 9.47 Å². The van der Waals surface area contributed by atoms with Crippen LogP contribution in [0.3, 0.4) is 0 Å². The van der Waals surface area contributed by atoms with E-state index in [0.717, 1.165) is 16.7 Å². The van der Waals surface area contributed by atoms with E-state index in [1.807, 2.05) is 66.7 Å². The molecule has 4 aromatic rings. The summed E-state index contributed by atoms with van der Waals surface area (Å²) in [7, 11) is 1.56. The van der Waals surface area contributed by atoms with Gasteiger partial charge in [0.2, 0.25) is 0 Å². The minimum Gasteiger partial charge on any atom is -0.493 e. The highest BCUT2D eigenvalue weighted by Crippen LogP contribution is 2.40. The van der Waals surface area contributed by atoms with Crippen LogP contribution in [0.4, 0.5) is 5.69 Å². The Labute approximate surface area is 260 Å². The molecule has 0 bridgehead atoms. The molecule has 1 amide bonds. The van der Waals surface area contributed by atoms with Gasteiger partial charge in [-0.05, 0) is 99.0 Å². The number of carbonyl (C=O) groups is 2. The van der Waals surface area contributed by atoms with Gasteiger partial charge >= 0.3 is 5.97 Å². The number of nitrogens with zero attached hydrogens (tertiary/aromatic N) is 2. The van der Waals surface area contributed by atoms with Crippen molar-refractivity contribution in [1.29, 1.82) is 0 Å². The van der Waals surface area contributed by atoms with Crippen LogP contribution in [0.5, 0.6) is 11.5 Å². The smallest absolute Gasteiger partial charge is 0.335 e. The van der Waals surface area contributed by atoms with Crippen molar-refractivity contribution in [3.63, 3.8) is 0 Å². The van der Waals surface area contributed by atoms with E-state index in [1.165, 1.54) is 23.9 Å². The maximum Gasteiger partial charge on any atom is 0.335 e. The number of thioether (sulfide) groups is 1. The number of para-hydroxylation sites is 1. The van der Waals surface area contributed by atoms with E-state index >= 15 is 0 Å². The Morgan fingerprint density at radius 3 is 2.38 bits per heavy atom. The summed E-state index contributed by atoms with van der Waals surface area (Å²) in [5, 5.41) is 10.4. The van der Waals surface area contributed by atoms with E-state index in [0.29, 0.717) is 43.4 Å². The van der Waals surface area contributed by atoms with E-state index in [4.69, 9.17) is 26.1 Å². The van der Waals surface area contributed by atoms with Crippen LogP contribution in [0.25, 0.3) is 6.08 Å². The molecule has 1 saturated heterocycles. The molecule has 1 aliphatic heterocycles. The number of carboxylic acids is 1. The van der Waals surface area contributed by atoms with E-state index in [2.05, 4.69) is 15.9 Å². The van der Waals surface area contributed by atoms with E-state index < -0.39 is 5.97 Å². The molecular weight excluding hydrogens is 640 g/mol. The van der Waals surface area contributed by atoms with Gasteiger partial charge in [-0.25, -0.2) is 9.79 Å². The molecule has 1 aliphatic rings. The lowest BCUT2D eigenvalue weighted by Gasteiger charge is -2.16. The second kappa shape index (κ2) is 13.3. The highest BCUT2D eigenvalue weighted by molar-refractivity contribution is 9.10. The summed E-state index contributed by atoms with van der Waals surface area (Å²) in [6.07, 6.45) is 1.79. The molecule has 42 heavy (non-hydrogen) atoms. The van der Waals surface area contributed by atoms with Gasteiger partial charge in [0.15, 0.2) is 16.7 Å². The fraction of sp³-hybridized carbons (Fsp3) is 0.0938. The number of hydrogen-bond donors (Lipinski definition) is 1. The van der Waals surface area contributed by atoms with Crippen LogP contribution in [0.2, 0.25) is 5.02 Å². The molecule has 1 heterocycles. The number of hydrogen-bond acceptors (Lipinski definition) is 6. The molecule has 0 aliphatic carbocycles. The summed E-state index contributed by atoms with van der Waals surface area (Å²) in [6, 6.07) is 26.9. The number of aliphatic imine (C=N–C) groups is 1. The average Bonchev–Trinajstić information content (AvgIpc) is 3.26. The van der Waals surface area contributed by atoms with Crippen molar-refractivity contribution < 1.29 is 24.2 Å². The van der Waals surface area contributed by atoms with Gasteiger partial charge in [0.05, 0.1) is 34.3 Å². The molecule has 0 radical (unpaired) electrons. The third-order valence-corrected chi connectivity index (χ3v) is 8.10. The molecule has 1 fully saturated rings. The Morgan fingerprint density at radius 2 is 1.71 bits per heavy atom. The van der Waals surface area contributed by atoms with Crippen LogP contribution in [0, 0.1) is 0 Å². The van der Waals surface area contributed by atoms with Crippen LogP contribution >= 0.6 is 39.3 Å². The first-order valence-electron chi connectivity index (χ1n) is 12.7. The van der Waals surface area contributed by atoms with Crippen molar-refractivity contribution in [2.24, 2.45) is 4.99 Å². The van der Waals surface area contributed by atoms with Gasteiger partial charge in [0.25, 0.3) is 5.91 Å². The topological polar surface area (TPSA) is 88.4 Å². The van der Waals surface area contributed by atoms with Gasteiger partial charge in [0.1, 0.15) is 6.61 Å². The molecule has 4 aromatic carbocycles. The average molecular weight is 664 g/mol. The third kappa shape index (κ3) is 7.05. The highest BCUT2D eigenvalue weighted by Gasteiger charge is 2.33. The van der Waals surface area contributed by atoms with Gasteiger partial charge in [-0.1, -0.05) is 54.1 Å². The first kappa shape index (κ1) is 29.4. The standard InChI is InChI=1S/C32H24BrClN2O5S/c1-40-27-16-22(15-26(33)29(27)41-19-21-9-13-24(34)14-10-21)17-28-30(37)36(18-20-7-11-23(12-8-20)31(38)39)32(42-28)35-25-5-3-2-4-6-25/h2-17H,18-19H2,1H3,(H,38,39)/b28-17-,35-32?. The first-order chi connectivity index (χ1) is 20.3. The Morgan fingerprint density at radius 1 is 1.02 bits per heavy atom. The molecule has 0 spiro atoms. The zero-order valence-electron chi connectivity index (χ0n) is 22.3. The summed E-state index contributed by atoms with van der Waals surface area (Å²) >= 11 is 10.8. The molecule has 1 N–H and O–H groups in total. The summed E-state index contributed by atoms with van der Waals surface area (Å²) in [5.41, 5.74) is 3.37. The monoisotopic (exact) mass is 662 g/mol. The van der Waals surface area contributed by atoms with Gasteiger partial charge < -0.3 is 14.6 Å². The highest BCUT2D eigenvalue weighted by atomic mass is 79.9. The molecule has 212 valence electrons. The van der Waals surface area contributed by atoms with Crippen molar-refractivity contribution in [1.82, 2.24) is 4.90 Å². The Hall–Kier alpha value is -4.05. The number of amides is 1. The lowest BCUT2D eigenvalue weighted by Crippen LogP contribution is -2.28. The van der Waals surface area contributed by atoms with Crippen molar-refractivity contribution >= 4 is 68.1 Å². The Bertz CT molecular complexity index is 1680. The van der Waals surface area contributed by atoms with Crippen molar-refractivity contribution in [2.75, 3.05) is 7.11 Å². The number of aromatic carboxylic acids is 1. The van der Waals surface area contributed by atoms with Crippen molar-refractivity contribution in [3.8, 4) is 11.5 Å². The maximum atomic E-state index is 13.7. The second-order valence-corrected chi connectivity index (χ2v) is 11.5. The van der Waals surface area contributed by atoms with Gasteiger partial charge in [0, 0.05) is 5.02 Å². The number of halogens is 2. The summed E-state index contributed by atoms with van der Waals surface area (Å²) in [4.78, 5) is 31.7. The quantitative estimate of drug-likeness (QED) is 0.182. The molecule has 0 atom stereocenters. The minimum atomic E-state index is -1.01. The molecular formula is C32H24BrClN2O5S. The van der Waals surface area contributed by atoms with E-state index in [1.54, 1.807) is 30.2 Å². The lowest BCUT2D eigenvalue weighted by molar-refractivity contribution is -0.122. The molecule has 10 heteroatoms. The third-order valence-electron chi connectivity index (χ3n) is 6.26. The number of ether oxygens (including phenoxy) is 2. The molecule has 7 nitrogen and oxygen atoms in total. The van der Waals surface area contributed by atoms with Gasteiger partial charge in [-0.2, -0.15) is 0 Å². The number of benzene rings is 4. The summed E-state index contributed by atoms with van der Waals surface area (Å²) in [5.74, 6) is -0.170. The number of rotatable bonds is 9. The fourth-order valence-electron chi connectivity index (χ4n) is 4.13. The molecule has 0 saturated carbocycles. The Balaban J connectivity index is 1.43. The van der Waals surface area contributed by atoms with Crippen molar-refractivity contribution in [3.05, 3.63) is 128 Å². The second-order valence-electron chi connectivity index (χ2n) is 9.18. The van der Waals surface area contributed by atoms with E-state index in [-0.39, 0.29) is 18.0 Å². The van der Waals surface area contributed by atoms with Crippen LogP contribution in [0.1, 0.15) is 27.0 Å². The van der Waals surface area contributed by atoms with Gasteiger partial charge in [-0.15, -0.1) is 0 Å². The van der Waals surface area contributed by atoms with E-state index in [9.17, 15) is 14.7 Å².